The fraction of sp³-hybridized carbons (Fsp3) is 0.250. The van der Waals surface area contributed by atoms with Gasteiger partial charge in [0, 0.05) is 0 Å². The van der Waals surface area contributed by atoms with Gasteiger partial charge in [-0.05, 0) is 30.7 Å². The van der Waals surface area contributed by atoms with Crippen LogP contribution in [0.4, 0.5) is 19.0 Å². The van der Waals surface area contributed by atoms with E-state index in [2.05, 4.69) is 10.3 Å². The quantitative estimate of drug-likeness (QED) is 0.852. The lowest BCUT2D eigenvalue weighted by Crippen LogP contribution is -2.15. The Morgan fingerprint density at radius 2 is 1.96 bits per heavy atom. The highest BCUT2D eigenvalue weighted by molar-refractivity contribution is 5.42. The molecule has 2 aromatic rings. The number of ether oxygens (including phenoxy) is 1. The summed E-state index contributed by atoms with van der Waals surface area (Å²) in [5.74, 6) is 0.260. The van der Waals surface area contributed by atoms with Crippen LogP contribution in [0.1, 0.15) is 16.8 Å². The molecule has 0 unspecified atom stereocenters. The summed E-state index contributed by atoms with van der Waals surface area (Å²) in [6.07, 6.45) is -4.45. The van der Waals surface area contributed by atoms with Gasteiger partial charge in [-0.25, -0.2) is 4.98 Å². The van der Waals surface area contributed by atoms with Gasteiger partial charge in [-0.1, -0.05) is 18.2 Å². The smallest absolute Gasteiger partial charge is 0.419 e. The van der Waals surface area contributed by atoms with E-state index < -0.39 is 11.7 Å². The third kappa shape index (κ3) is 4.36. The summed E-state index contributed by atoms with van der Waals surface area (Å²) in [7, 11) is 0. The normalized spacial score (nSPS) is 10.9. The minimum Gasteiger partial charge on any atom is -0.491 e. The number of halogens is 3. The molecule has 120 valence electrons. The number of benzene rings is 1. The van der Waals surface area contributed by atoms with Crippen molar-refractivity contribution in [1.82, 2.24) is 4.98 Å². The number of alkyl halides is 3. The Morgan fingerprint density at radius 1 is 1.22 bits per heavy atom. The Kier molecular flexibility index (Phi) is 5.06. The molecular weight excluding hydrogens is 307 g/mol. The van der Waals surface area contributed by atoms with Crippen LogP contribution in [0.25, 0.3) is 0 Å². The predicted octanol–water partition coefficient (Wildman–Crippen LogP) is 3.77. The molecule has 1 aromatic heterocycles. The van der Waals surface area contributed by atoms with Gasteiger partial charge in [0.15, 0.2) is 0 Å². The monoisotopic (exact) mass is 321 g/mol. The summed E-state index contributed by atoms with van der Waals surface area (Å²) in [6.45, 7) is 2.06. The molecule has 0 aliphatic carbocycles. The van der Waals surface area contributed by atoms with E-state index in [1.165, 1.54) is 18.2 Å². The van der Waals surface area contributed by atoms with E-state index in [-0.39, 0.29) is 18.9 Å². The van der Waals surface area contributed by atoms with Crippen LogP contribution in [0.15, 0.2) is 36.4 Å². The number of aromatic nitrogens is 1. The lowest BCUT2D eigenvalue weighted by molar-refractivity contribution is -0.138. The van der Waals surface area contributed by atoms with Gasteiger partial charge < -0.3 is 10.1 Å². The number of anilines is 1. The van der Waals surface area contributed by atoms with Gasteiger partial charge in [0.05, 0.1) is 12.1 Å². The predicted molar refractivity (Wildman–Crippen MR) is 79.1 cm³/mol. The third-order valence-electron chi connectivity index (χ3n) is 3.06. The molecule has 23 heavy (non-hydrogen) atoms. The topological polar surface area (TPSA) is 57.9 Å². The van der Waals surface area contributed by atoms with Crippen LogP contribution < -0.4 is 10.1 Å². The minimum atomic E-state index is -4.45. The number of rotatable bonds is 5. The van der Waals surface area contributed by atoms with Crippen molar-refractivity contribution in [2.45, 2.75) is 13.1 Å². The van der Waals surface area contributed by atoms with E-state index in [4.69, 9.17) is 10.00 Å². The molecule has 1 N–H and O–H groups in total. The van der Waals surface area contributed by atoms with Gasteiger partial charge >= 0.3 is 6.18 Å². The van der Waals surface area contributed by atoms with Crippen molar-refractivity contribution in [3.05, 3.63) is 53.2 Å². The van der Waals surface area contributed by atoms with E-state index in [0.29, 0.717) is 11.5 Å². The van der Waals surface area contributed by atoms with Crippen molar-refractivity contribution in [3.8, 4) is 11.8 Å². The lowest BCUT2D eigenvalue weighted by Gasteiger charge is -2.14. The number of hydrogen-bond donors (Lipinski definition) is 1. The van der Waals surface area contributed by atoms with E-state index in [0.717, 1.165) is 11.6 Å². The molecular formula is C16H14F3N3O. The second-order valence-electron chi connectivity index (χ2n) is 4.74. The first-order valence-corrected chi connectivity index (χ1v) is 6.82. The Bertz CT molecular complexity index is 723. The Hall–Kier alpha value is -2.75. The first-order chi connectivity index (χ1) is 10.9. The number of nitrogens with zero attached hydrogens (tertiary/aromatic N) is 2. The molecule has 0 amide bonds. The first kappa shape index (κ1) is 16.6. The van der Waals surface area contributed by atoms with Crippen molar-refractivity contribution in [1.29, 1.82) is 5.26 Å². The Labute approximate surface area is 131 Å². The van der Waals surface area contributed by atoms with Gasteiger partial charge in [0.25, 0.3) is 0 Å². The van der Waals surface area contributed by atoms with E-state index in [9.17, 15) is 13.2 Å². The third-order valence-corrected chi connectivity index (χ3v) is 3.06. The number of nitriles is 1. The van der Waals surface area contributed by atoms with Crippen molar-refractivity contribution < 1.29 is 17.9 Å². The number of para-hydroxylation sites is 1. The number of pyridine rings is 1. The molecule has 7 heteroatoms. The average molecular weight is 321 g/mol. The number of hydrogen-bond acceptors (Lipinski definition) is 4. The highest BCUT2D eigenvalue weighted by Gasteiger charge is 2.33. The molecule has 0 radical (unpaired) electrons. The first-order valence-electron chi connectivity index (χ1n) is 6.82. The molecule has 0 fully saturated rings. The van der Waals surface area contributed by atoms with Crippen molar-refractivity contribution in [3.63, 3.8) is 0 Å². The van der Waals surface area contributed by atoms with Crippen LogP contribution in [-0.2, 0) is 6.18 Å². The van der Waals surface area contributed by atoms with Crippen LogP contribution >= 0.6 is 0 Å². The SMILES string of the molecule is Cc1ccc(NCCOc2ccccc2C(F)(F)F)nc1C#N. The molecule has 0 aliphatic heterocycles. The Morgan fingerprint density at radius 3 is 2.65 bits per heavy atom. The van der Waals surface area contributed by atoms with Crippen LogP contribution in [-0.4, -0.2) is 18.1 Å². The summed E-state index contributed by atoms with van der Waals surface area (Å²) in [5, 5.41) is 11.8. The zero-order chi connectivity index (χ0) is 16.9. The number of nitrogens with one attached hydrogen (secondary N) is 1. The molecule has 1 aromatic carbocycles. The van der Waals surface area contributed by atoms with E-state index in [1.54, 1.807) is 19.1 Å². The molecule has 4 nitrogen and oxygen atoms in total. The fourth-order valence-electron chi connectivity index (χ4n) is 1.91. The zero-order valence-electron chi connectivity index (χ0n) is 12.3. The second kappa shape index (κ2) is 7.01. The lowest BCUT2D eigenvalue weighted by atomic mass is 10.2. The highest BCUT2D eigenvalue weighted by Crippen LogP contribution is 2.35. The van der Waals surface area contributed by atoms with Crippen LogP contribution in [0, 0.1) is 18.3 Å². The van der Waals surface area contributed by atoms with Crippen molar-refractivity contribution >= 4 is 5.82 Å². The molecule has 0 aliphatic rings. The van der Waals surface area contributed by atoms with Gasteiger partial charge in [-0.2, -0.15) is 18.4 Å². The summed E-state index contributed by atoms with van der Waals surface area (Å²) in [6, 6.07) is 10.5. The Balaban J connectivity index is 1.93. The molecule has 0 spiro atoms. The summed E-state index contributed by atoms with van der Waals surface area (Å²) in [5.41, 5.74) is 0.256. The number of aryl methyl sites for hydroxylation is 1. The summed E-state index contributed by atoms with van der Waals surface area (Å²) < 4.78 is 43.6. The van der Waals surface area contributed by atoms with Crippen molar-refractivity contribution in [2.24, 2.45) is 0 Å². The van der Waals surface area contributed by atoms with Crippen LogP contribution in [0.5, 0.6) is 5.75 Å². The van der Waals surface area contributed by atoms with Crippen LogP contribution in [0.3, 0.4) is 0 Å². The maximum absolute atomic E-state index is 12.8. The summed E-state index contributed by atoms with van der Waals surface area (Å²) >= 11 is 0. The maximum atomic E-state index is 12.8. The van der Waals surface area contributed by atoms with Gasteiger partial charge in [0.1, 0.15) is 29.9 Å². The van der Waals surface area contributed by atoms with Gasteiger partial charge in [0.2, 0.25) is 0 Å². The van der Waals surface area contributed by atoms with E-state index in [1.807, 2.05) is 6.07 Å². The molecule has 2 rings (SSSR count). The summed E-state index contributed by atoms with van der Waals surface area (Å²) in [4.78, 5) is 4.08. The van der Waals surface area contributed by atoms with Crippen molar-refractivity contribution in [2.75, 3.05) is 18.5 Å². The highest BCUT2D eigenvalue weighted by atomic mass is 19.4. The van der Waals surface area contributed by atoms with Gasteiger partial charge in [-0.15, -0.1) is 0 Å². The minimum absolute atomic E-state index is 0.0323. The van der Waals surface area contributed by atoms with Gasteiger partial charge in [-0.3, -0.25) is 0 Å². The van der Waals surface area contributed by atoms with Crippen LogP contribution in [0.2, 0.25) is 0 Å². The standard InChI is InChI=1S/C16H14F3N3O/c1-11-6-7-15(22-13(11)10-20)21-8-9-23-14-5-3-2-4-12(14)16(17,18)19/h2-7H,8-9H2,1H3,(H,21,22). The molecule has 1 heterocycles. The average Bonchev–Trinajstić information content (AvgIpc) is 2.52. The zero-order valence-corrected chi connectivity index (χ0v) is 12.3. The molecule has 0 atom stereocenters. The molecule has 0 saturated carbocycles. The second-order valence-corrected chi connectivity index (χ2v) is 4.74. The largest absolute Gasteiger partial charge is 0.491 e. The van der Waals surface area contributed by atoms with E-state index >= 15 is 0 Å². The fourth-order valence-corrected chi connectivity index (χ4v) is 1.91. The maximum Gasteiger partial charge on any atom is 0.419 e. The molecule has 0 bridgehead atoms. The molecule has 0 saturated heterocycles.